The second-order valence-electron chi connectivity index (χ2n) is 8.32. The number of hydrogen-bond acceptors (Lipinski definition) is 3. The number of benzene rings is 3. The Labute approximate surface area is 192 Å². The molecule has 166 valence electrons. The van der Waals surface area contributed by atoms with Gasteiger partial charge in [-0.25, -0.2) is 0 Å². The molecule has 0 unspecified atom stereocenters. The molecule has 0 spiro atoms. The lowest BCUT2D eigenvalue weighted by Gasteiger charge is -2.26. The topological polar surface area (TPSA) is 38.3 Å². The van der Waals surface area contributed by atoms with Crippen molar-refractivity contribution in [2.24, 2.45) is 5.92 Å². The Kier molecular flexibility index (Phi) is 8.82. The molecule has 3 nitrogen and oxygen atoms in total. The van der Waals surface area contributed by atoms with Crippen LogP contribution >= 0.6 is 0 Å². The molecule has 3 aromatic carbocycles. The normalized spacial score (nSPS) is 14.1. The van der Waals surface area contributed by atoms with Crippen LogP contribution in [0.2, 0.25) is 0 Å². The number of aryl methyl sites for hydroxylation is 1. The second kappa shape index (κ2) is 12.0. The highest BCUT2D eigenvalue weighted by Gasteiger charge is 2.23. The minimum atomic E-state index is -0.388. The Morgan fingerprint density at radius 3 is 2.19 bits per heavy atom. The molecule has 0 amide bonds. The average molecular weight is 428 g/mol. The van der Waals surface area contributed by atoms with Crippen LogP contribution in [0, 0.1) is 12.8 Å². The summed E-state index contributed by atoms with van der Waals surface area (Å²) in [7, 11) is 1.45. The van der Waals surface area contributed by atoms with E-state index in [0.29, 0.717) is 13.0 Å². The Balaban J connectivity index is 1.78. The van der Waals surface area contributed by atoms with Crippen LogP contribution in [0.4, 0.5) is 0 Å². The first-order valence-electron chi connectivity index (χ1n) is 11.2. The van der Waals surface area contributed by atoms with Gasteiger partial charge in [-0.05, 0) is 36.0 Å². The molecule has 0 radical (unpaired) electrons. The van der Waals surface area contributed by atoms with Gasteiger partial charge in [0.2, 0.25) is 0 Å². The maximum atomic E-state index is 12.5. The maximum absolute atomic E-state index is 12.5. The minimum Gasteiger partial charge on any atom is -0.468 e. The van der Waals surface area contributed by atoms with Crippen molar-refractivity contribution in [3.8, 4) is 0 Å². The lowest BCUT2D eigenvalue weighted by atomic mass is 9.85. The zero-order valence-electron chi connectivity index (χ0n) is 19.2. The van der Waals surface area contributed by atoms with Crippen LogP contribution in [-0.2, 0) is 16.0 Å². The molecule has 0 aliphatic carbocycles. The third-order valence-electron chi connectivity index (χ3n) is 5.88. The van der Waals surface area contributed by atoms with Gasteiger partial charge < -0.3 is 10.1 Å². The Morgan fingerprint density at radius 2 is 1.56 bits per heavy atom. The number of carbonyl (C=O) groups is 1. The minimum absolute atomic E-state index is 0.221. The van der Waals surface area contributed by atoms with Crippen LogP contribution in [0.1, 0.15) is 35.1 Å². The summed E-state index contributed by atoms with van der Waals surface area (Å²) in [6.45, 7) is 5.01. The summed E-state index contributed by atoms with van der Waals surface area (Å²) in [5.41, 5.74) is 4.80. The van der Waals surface area contributed by atoms with Gasteiger partial charge in [-0.2, -0.15) is 0 Å². The summed E-state index contributed by atoms with van der Waals surface area (Å²) < 4.78 is 5.09. The molecule has 1 N–H and O–H groups in total. The second-order valence-corrected chi connectivity index (χ2v) is 8.32. The Hall–Kier alpha value is -3.17. The van der Waals surface area contributed by atoms with Crippen LogP contribution in [0.5, 0.6) is 0 Å². The number of esters is 1. The highest BCUT2D eigenvalue weighted by atomic mass is 16.5. The van der Waals surface area contributed by atoms with Gasteiger partial charge in [-0.3, -0.25) is 4.79 Å². The van der Waals surface area contributed by atoms with Crippen LogP contribution in [0.15, 0.2) is 91.0 Å². The highest BCUT2D eigenvalue weighted by molar-refractivity contribution is 5.76. The standard InChI is InChI=1S/C29H33NO2/c1-22-14-18-26(19-15-22)27(23(2)16-17-24-10-6-4-7-11-24)21-30-28(29(31)32-3)20-25-12-8-5-9-13-25/h4-19,23,27-28,30H,20-21H2,1-3H3/b17-16+/t23-,27-,28-/m0/s1. The number of rotatable bonds is 10. The fraction of sp³-hybridized carbons (Fsp3) is 0.276. The van der Waals surface area contributed by atoms with E-state index in [1.807, 2.05) is 48.5 Å². The van der Waals surface area contributed by atoms with E-state index in [0.717, 1.165) is 5.56 Å². The molecule has 3 aromatic rings. The van der Waals surface area contributed by atoms with E-state index in [1.165, 1.54) is 23.8 Å². The number of ether oxygens (including phenoxy) is 1. The fourth-order valence-corrected chi connectivity index (χ4v) is 3.88. The van der Waals surface area contributed by atoms with Crippen LogP contribution in [0.3, 0.4) is 0 Å². The summed E-state index contributed by atoms with van der Waals surface area (Å²) in [4.78, 5) is 12.5. The zero-order chi connectivity index (χ0) is 22.8. The number of hydrogen-bond donors (Lipinski definition) is 1. The first-order valence-corrected chi connectivity index (χ1v) is 11.2. The molecule has 32 heavy (non-hydrogen) atoms. The van der Waals surface area contributed by atoms with E-state index in [2.05, 4.69) is 67.7 Å². The predicted octanol–water partition coefficient (Wildman–Crippen LogP) is 5.80. The van der Waals surface area contributed by atoms with E-state index >= 15 is 0 Å². The van der Waals surface area contributed by atoms with Crippen molar-refractivity contribution in [3.63, 3.8) is 0 Å². The van der Waals surface area contributed by atoms with Gasteiger partial charge >= 0.3 is 5.97 Å². The van der Waals surface area contributed by atoms with E-state index in [1.54, 1.807) is 0 Å². The monoisotopic (exact) mass is 427 g/mol. The first kappa shape index (κ1) is 23.5. The molecule has 0 aliphatic rings. The molecule has 3 atom stereocenters. The highest BCUT2D eigenvalue weighted by Crippen LogP contribution is 2.26. The molecule has 0 heterocycles. The molecule has 0 aliphatic heterocycles. The molecule has 0 saturated heterocycles. The lowest BCUT2D eigenvalue weighted by molar-refractivity contribution is -0.143. The van der Waals surface area contributed by atoms with Crippen LogP contribution in [-0.4, -0.2) is 25.7 Å². The maximum Gasteiger partial charge on any atom is 0.323 e. The van der Waals surface area contributed by atoms with Gasteiger partial charge in [0.25, 0.3) is 0 Å². The molecule has 0 fully saturated rings. The number of carbonyl (C=O) groups excluding carboxylic acids is 1. The van der Waals surface area contributed by atoms with E-state index < -0.39 is 0 Å². The smallest absolute Gasteiger partial charge is 0.323 e. The van der Waals surface area contributed by atoms with Gasteiger partial charge in [-0.15, -0.1) is 0 Å². The van der Waals surface area contributed by atoms with Gasteiger partial charge in [0.05, 0.1) is 7.11 Å². The Bertz CT molecular complexity index is 981. The van der Waals surface area contributed by atoms with Crippen LogP contribution in [0.25, 0.3) is 6.08 Å². The first-order chi connectivity index (χ1) is 15.6. The van der Waals surface area contributed by atoms with E-state index in [-0.39, 0.29) is 23.8 Å². The number of methoxy groups -OCH3 is 1. The quantitative estimate of drug-likeness (QED) is 0.416. The fourth-order valence-electron chi connectivity index (χ4n) is 3.88. The third kappa shape index (κ3) is 6.93. The van der Waals surface area contributed by atoms with Crippen molar-refractivity contribution >= 4 is 12.0 Å². The number of nitrogens with one attached hydrogen (secondary N) is 1. The SMILES string of the molecule is COC(=O)[C@H](Cc1ccccc1)NC[C@H](c1ccc(C)cc1)[C@@H](C)/C=C/c1ccccc1. The molecule has 0 aromatic heterocycles. The molecule has 0 saturated carbocycles. The largest absolute Gasteiger partial charge is 0.468 e. The van der Waals surface area contributed by atoms with Gasteiger partial charge in [0.15, 0.2) is 0 Å². The van der Waals surface area contributed by atoms with Crippen molar-refractivity contribution in [1.29, 1.82) is 0 Å². The lowest BCUT2D eigenvalue weighted by Crippen LogP contribution is -2.42. The molecule has 0 bridgehead atoms. The van der Waals surface area contributed by atoms with Crippen molar-refractivity contribution in [1.82, 2.24) is 5.32 Å². The molecule has 3 heteroatoms. The number of allylic oxidation sites excluding steroid dienone is 1. The van der Waals surface area contributed by atoms with Crippen molar-refractivity contribution in [2.45, 2.75) is 32.2 Å². The van der Waals surface area contributed by atoms with Crippen molar-refractivity contribution in [3.05, 3.63) is 113 Å². The average Bonchev–Trinajstić information content (AvgIpc) is 2.84. The molecule has 3 rings (SSSR count). The van der Waals surface area contributed by atoms with Crippen LogP contribution < -0.4 is 5.32 Å². The molecular formula is C29H33NO2. The van der Waals surface area contributed by atoms with Gasteiger partial charge in [0.1, 0.15) is 6.04 Å². The van der Waals surface area contributed by atoms with Crippen molar-refractivity contribution in [2.75, 3.05) is 13.7 Å². The predicted molar refractivity (Wildman–Crippen MR) is 133 cm³/mol. The van der Waals surface area contributed by atoms with Gasteiger partial charge in [0, 0.05) is 12.5 Å². The molecular weight excluding hydrogens is 394 g/mol. The third-order valence-corrected chi connectivity index (χ3v) is 5.88. The van der Waals surface area contributed by atoms with E-state index in [4.69, 9.17) is 4.74 Å². The van der Waals surface area contributed by atoms with Crippen molar-refractivity contribution < 1.29 is 9.53 Å². The van der Waals surface area contributed by atoms with Gasteiger partial charge in [-0.1, -0.05) is 110 Å². The zero-order valence-corrected chi connectivity index (χ0v) is 19.2. The summed E-state index contributed by atoms with van der Waals surface area (Å²) in [5, 5.41) is 3.50. The summed E-state index contributed by atoms with van der Waals surface area (Å²) >= 11 is 0. The Morgan fingerprint density at radius 1 is 0.938 bits per heavy atom. The summed E-state index contributed by atoms with van der Waals surface area (Å²) in [6, 6.07) is 28.7. The van der Waals surface area contributed by atoms with E-state index in [9.17, 15) is 4.79 Å². The summed E-state index contributed by atoms with van der Waals surface area (Å²) in [6.07, 6.45) is 5.03. The summed E-state index contributed by atoms with van der Waals surface area (Å²) in [5.74, 6) is 0.267.